The van der Waals surface area contributed by atoms with Gasteiger partial charge in [0.1, 0.15) is 0 Å². The molecular formula is C8H13N3O. The average Bonchev–Trinajstić information content (AvgIpc) is 2.29. The van der Waals surface area contributed by atoms with Gasteiger partial charge in [0.2, 0.25) is 0 Å². The summed E-state index contributed by atoms with van der Waals surface area (Å²) in [5.41, 5.74) is 7.69. The van der Waals surface area contributed by atoms with Crippen LogP contribution >= 0.6 is 0 Å². The Hall–Kier alpha value is -1.03. The second kappa shape index (κ2) is 2.48. The van der Waals surface area contributed by atoms with Gasteiger partial charge in [-0.1, -0.05) is 0 Å². The van der Waals surface area contributed by atoms with Gasteiger partial charge in [0.25, 0.3) is 5.56 Å². The van der Waals surface area contributed by atoms with E-state index in [1.807, 2.05) is 0 Å². The molecule has 0 aliphatic heterocycles. The molecule has 0 fully saturated rings. The van der Waals surface area contributed by atoms with E-state index < -0.39 is 0 Å². The predicted molar refractivity (Wildman–Crippen MR) is 45.9 cm³/mol. The van der Waals surface area contributed by atoms with E-state index >= 15 is 0 Å². The summed E-state index contributed by atoms with van der Waals surface area (Å²) in [5, 5.41) is 3.02. The van der Waals surface area contributed by atoms with E-state index in [0.29, 0.717) is 0 Å². The van der Waals surface area contributed by atoms with Gasteiger partial charge in [0, 0.05) is 18.8 Å². The second-order valence-corrected chi connectivity index (χ2v) is 3.37. The van der Waals surface area contributed by atoms with Crippen molar-refractivity contribution in [1.29, 1.82) is 0 Å². The van der Waals surface area contributed by atoms with Crippen molar-refractivity contribution >= 4 is 0 Å². The SMILES string of the molecule is Cn1[nH]c2c(c1=O)C(N)CCC2. The van der Waals surface area contributed by atoms with Crippen LogP contribution in [0.1, 0.15) is 30.1 Å². The van der Waals surface area contributed by atoms with Gasteiger partial charge in [-0.05, 0) is 19.3 Å². The molecule has 1 heterocycles. The van der Waals surface area contributed by atoms with E-state index in [4.69, 9.17) is 5.73 Å². The summed E-state index contributed by atoms with van der Waals surface area (Å²) in [7, 11) is 1.73. The van der Waals surface area contributed by atoms with Crippen LogP contribution in [0.4, 0.5) is 0 Å². The minimum atomic E-state index is -0.0568. The topological polar surface area (TPSA) is 63.8 Å². The molecule has 1 unspecified atom stereocenters. The number of aromatic nitrogens is 2. The number of hydrogen-bond donors (Lipinski definition) is 2. The number of nitrogens with two attached hydrogens (primary N) is 1. The lowest BCUT2D eigenvalue weighted by Crippen LogP contribution is -2.24. The Labute approximate surface area is 70.4 Å². The number of hydrogen-bond acceptors (Lipinski definition) is 2. The number of nitrogens with zero attached hydrogens (tertiary/aromatic N) is 1. The summed E-state index contributed by atoms with van der Waals surface area (Å²) < 4.78 is 1.51. The maximum Gasteiger partial charge on any atom is 0.271 e. The lowest BCUT2D eigenvalue weighted by atomic mass is 9.94. The van der Waals surface area contributed by atoms with E-state index in [-0.39, 0.29) is 11.6 Å². The standard InChI is InChI=1S/C8H13N3O/c1-11-8(12)7-5(9)3-2-4-6(7)10-11/h5,10H,2-4,9H2,1H3. The normalized spacial score (nSPS) is 22.3. The van der Waals surface area contributed by atoms with Crippen molar-refractivity contribution < 1.29 is 0 Å². The molecule has 0 saturated carbocycles. The Balaban J connectivity index is 2.61. The van der Waals surface area contributed by atoms with Crippen molar-refractivity contribution in [3.8, 4) is 0 Å². The number of rotatable bonds is 0. The molecule has 0 radical (unpaired) electrons. The van der Waals surface area contributed by atoms with Gasteiger partial charge in [-0.3, -0.25) is 14.6 Å². The van der Waals surface area contributed by atoms with Crippen LogP contribution in [-0.2, 0) is 13.5 Å². The first kappa shape index (κ1) is 7.61. The largest absolute Gasteiger partial charge is 0.324 e. The van der Waals surface area contributed by atoms with Crippen LogP contribution in [0.2, 0.25) is 0 Å². The summed E-state index contributed by atoms with van der Waals surface area (Å²) in [6.07, 6.45) is 2.97. The molecule has 1 aliphatic rings. The van der Waals surface area contributed by atoms with Crippen molar-refractivity contribution in [3.63, 3.8) is 0 Å². The van der Waals surface area contributed by atoms with Crippen LogP contribution in [0.3, 0.4) is 0 Å². The molecule has 0 saturated heterocycles. The molecule has 2 rings (SSSR count). The summed E-state index contributed by atoms with van der Waals surface area (Å²) in [6, 6.07) is -0.0568. The average molecular weight is 167 g/mol. The van der Waals surface area contributed by atoms with Crippen molar-refractivity contribution in [2.24, 2.45) is 12.8 Å². The fraction of sp³-hybridized carbons (Fsp3) is 0.625. The first-order valence-electron chi connectivity index (χ1n) is 4.23. The molecule has 0 amide bonds. The predicted octanol–water partition coefficient (Wildman–Crippen LogP) is 0.0495. The minimum absolute atomic E-state index is 0.0391. The zero-order valence-corrected chi connectivity index (χ0v) is 7.13. The third-order valence-electron chi connectivity index (χ3n) is 2.48. The third kappa shape index (κ3) is 0.914. The van der Waals surface area contributed by atoms with Crippen molar-refractivity contribution in [2.75, 3.05) is 0 Å². The molecule has 12 heavy (non-hydrogen) atoms. The van der Waals surface area contributed by atoms with E-state index in [0.717, 1.165) is 30.5 Å². The van der Waals surface area contributed by atoms with Gasteiger partial charge in [-0.25, -0.2) is 0 Å². The minimum Gasteiger partial charge on any atom is -0.324 e. The van der Waals surface area contributed by atoms with E-state index in [9.17, 15) is 4.79 Å². The fourth-order valence-corrected chi connectivity index (χ4v) is 1.84. The molecule has 1 aromatic rings. The van der Waals surface area contributed by atoms with Gasteiger partial charge in [0.05, 0.1) is 5.56 Å². The highest BCUT2D eigenvalue weighted by atomic mass is 16.1. The maximum absolute atomic E-state index is 11.5. The highest BCUT2D eigenvalue weighted by Crippen LogP contribution is 2.23. The third-order valence-corrected chi connectivity index (χ3v) is 2.48. The Morgan fingerprint density at radius 2 is 2.42 bits per heavy atom. The molecule has 4 heteroatoms. The van der Waals surface area contributed by atoms with Crippen LogP contribution in [0.25, 0.3) is 0 Å². The van der Waals surface area contributed by atoms with E-state index in [1.54, 1.807) is 7.05 Å². The van der Waals surface area contributed by atoms with Crippen LogP contribution in [0.15, 0.2) is 4.79 Å². The lowest BCUT2D eigenvalue weighted by Gasteiger charge is -2.15. The first-order chi connectivity index (χ1) is 5.70. The Bertz CT molecular complexity index is 350. The number of H-pyrrole nitrogens is 1. The lowest BCUT2D eigenvalue weighted by molar-refractivity contribution is 0.564. The number of fused-ring (bicyclic) bond motifs is 1. The molecule has 0 bridgehead atoms. The van der Waals surface area contributed by atoms with Gasteiger partial charge in [-0.2, -0.15) is 0 Å². The van der Waals surface area contributed by atoms with E-state index in [2.05, 4.69) is 5.10 Å². The van der Waals surface area contributed by atoms with E-state index in [1.165, 1.54) is 4.68 Å². The molecular weight excluding hydrogens is 154 g/mol. The molecule has 0 spiro atoms. The molecule has 1 aromatic heterocycles. The van der Waals surface area contributed by atoms with Gasteiger partial charge in [0.15, 0.2) is 0 Å². The number of aromatic amines is 1. The molecule has 4 nitrogen and oxygen atoms in total. The summed E-state index contributed by atoms with van der Waals surface area (Å²) in [6.45, 7) is 0. The molecule has 3 N–H and O–H groups in total. The zero-order chi connectivity index (χ0) is 8.72. The Morgan fingerprint density at radius 1 is 1.67 bits per heavy atom. The van der Waals surface area contributed by atoms with Crippen LogP contribution in [0, 0.1) is 0 Å². The zero-order valence-electron chi connectivity index (χ0n) is 7.13. The molecule has 1 aliphatic carbocycles. The van der Waals surface area contributed by atoms with Crippen LogP contribution in [-0.4, -0.2) is 9.78 Å². The highest BCUT2D eigenvalue weighted by molar-refractivity contribution is 5.23. The summed E-state index contributed by atoms with van der Waals surface area (Å²) >= 11 is 0. The Morgan fingerprint density at radius 3 is 3.08 bits per heavy atom. The number of aryl methyl sites for hydroxylation is 2. The molecule has 0 aromatic carbocycles. The summed E-state index contributed by atoms with van der Waals surface area (Å²) in [4.78, 5) is 11.5. The van der Waals surface area contributed by atoms with Gasteiger partial charge in [-0.15, -0.1) is 0 Å². The summed E-state index contributed by atoms with van der Waals surface area (Å²) in [5.74, 6) is 0. The maximum atomic E-state index is 11.5. The van der Waals surface area contributed by atoms with Gasteiger partial charge < -0.3 is 5.73 Å². The quantitative estimate of drug-likeness (QED) is 0.573. The Kier molecular flexibility index (Phi) is 1.58. The van der Waals surface area contributed by atoms with Gasteiger partial charge >= 0.3 is 0 Å². The van der Waals surface area contributed by atoms with Crippen LogP contribution < -0.4 is 11.3 Å². The molecule has 1 atom stereocenters. The van der Waals surface area contributed by atoms with Crippen molar-refractivity contribution in [3.05, 3.63) is 21.6 Å². The fourth-order valence-electron chi connectivity index (χ4n) is 1.84. The smallest absolute Gasteiger partial charge is 0.271 e. The second-order valence-electron chi connectivity index (χ2n) is 3.37. The highest BCUT2D eigenvalue weighted by Gasteiger charge is 2.22. The monoisotopic (exact) mass is 167 g/mol. The number of nitrogens with one attached hydrogen (secondary N) is 1. The van der Waals surface area contributed by atoms with Crippen LogP contribution in [0.5, 0.6) is 0 Å². The van der Waals surface area contributed by atoms with Crippen molar-refractivity contribution in [2.45, 2.75) is 25.3 Å². The molecule has 66 valence electrons. The van der Waals surface area contributed by atoms with Crippen molar-refractivity contribution in [1.82, 2.24) is 9.78 Å². The first-order valence-corrected chi connectivity index (χ1v) is 4.23.